The Morgan fingerprint density at radius 3 is 2.83 bits per heavy atom. The summed E-state index contributed by atoms with van der Waals surface area (Å²) in [5, 5.41) is 0.924. The zero-order valence-corrected chi connectivity index (χ0v) is 10.9. The molecule has 0 N–H and O–H groups in total. The Morgan fingerprint density at radius 2 is 2.06 bits per heavy atom. The Bertz CT molecular complexity index is 546. The molecule has 0 spiro atoms. The summed E-state index contributed by atoms with van der Waals surface area (Å²) in [5.41, 5.74) is 1.60. The number of hydrogen-bond acceptors (Lipinski definition) is 2. The molecule has 3 nitrogen and oxygen atoms in total. The quantitative estimate of drug-likeness (QED) is 0.825. The van der Waals surface area contributed by atoms with Crippen molar-refractivity contribution < 1.29 is 4.79 Å². The van der Waals surface area contributed by atoms with Crippen LogP contribution in [-0.2, 0) is 0 Å². The van der Waals surface area contributed by atoms with E-state index in [1.807, 2.05) is 31.3 Å². The molecule has 0 bridgehead atoms. The second kappa shape index (κ2) is 5.63. The summed E-state index contributed by atoms with van der Waals surface area (Å²) in [6.07, 6.45) is 3.82. The number of fused-ring (bicyclic) bond motifs is 1. The summed E-state index contributed by atoms with van der Waals surface area (Å²) in [6.45, 7) is 2.92. The molecule has 1 aromatic carbocycles. The summed E-state index contributed by atoms with van der Waals surface area (Å²) in [4.78, 5) is 18.4. The molecule has 2 rings (SSSR count). The Labute approximate surface area is 107 Å². The van der Waals surface area contributed by atoms with E-state index in [1.54, 1.807) is 17.2 Å². The lowest BCUT2D eigenvalue weighted by molar-refractivity contribution is 0.0795. The molecule has 3 heteroatoms. The Morgan fingerprint density at radius 1 is 1.28 bits per heavy atom. The van der Waals surface area contributed by atoms with Crippen molar-refractivity contribution in [1.29, 1.82) is 0 Å². The van der Waals surface area contributed by atoms with Gasteiger partial charge in [0.05, 0.1) is 11.1 Å². The van der Waals surface area contributed by atoms with E-state index in [2.05, 4.69) is 11.9 Å². The predicted octanol–water partition coefficient (Wildman–Crippen LogP) is 3.11. The predicted molar refractivity (Wildman–Crippen MR) is 73.6 cm³/mol. The highest BCUT2D eigenvalue weighted by Gasteiger charge is 2.14. The minimum Gasteiger partial charge on any atom is -0.342 e. The first-order valence-corrected chi connectivity index (χ1v) is 6.33. The molecule has 18 heavy (non-hydrogen) atoms. The number of carbonyl (C=O) groups excluding carboxylic acids is 1. The van der Waals surface area contributed by atoms with Gasteiger partial charge in [0.25, 0.3) is 5.91 Å². The Hall–Kier alpha value is -1.90. The fourth-order valence-corrected chi connectivity index (χ4v) is 1.98. The van der Waals surface area contributed by atoms with E-state index in [9.17, 15) is 4.79 Å². The van der Waals surface area contributed by atoms with Crippen LogP contribution in [0.3, 0.4) is 0 Å². The molecule has 0 fully saturated rings. The van der Waals surface area contributed by atoms with Crippen LogP contribution in [0.25, 0.3) is 10.9 Å². The topological polar surface area (TPSA) is 33.2 Å². The highest BCUT2D eigenvalue weighted by atomic mass is 16.2. The zero-order chi connectivity index (χ0) is 13.0. The van der Waals surface area contributed by atoms with E-state index in [4.69, 9.17) is 0 Å². The van der Waals surface area contributed by atoms with Crippen LogP contribution in [0.15, 0.2) is 36.5 Å². The summed E-state index contributed by atoms with van der Waals surface area (Å²) in [6, 6.07) is 9.55. The fraction of sp³-hybridized carbons (Fsp3) is 0.333. The average Bonchev–Trinajstić information content (AvgIpc) is 2.43. The van der Waals surface area contributed by atoms with Crippen LogP contribution in [0.2, 0.25) is 0 Å². The van der Waals surface area contributed by atoms with Gasteiger partial charge in [-0.15, -0.1) is 0 Å². The zero-order valence-electron chi connectivity index (χ0n) is 10.9. The first kappa shape index (κ1) is 12.6. The normalized spacial score (nSPS) is 10.6. The number of carbonyl (C=O) groups is 1. The van der Waals surface area contributed by atoms with Crippen LogP contribution in [0.5, 0.6) is 0 Å². The summed E-state index contributed by atoms with van der Waals surface area (Å²) in [7, 11) is 1.85. The number of benzene rings is 1. The molecule has 0 aliphatic carbocycles. The van der Waals surface area contributed by atoms with Crippen molar-refractivity contribution in [3.63, 3.8) is 0 Å². The largest absolute Gasteiger partial charge is 0.342 e. The maximum Gasteiger partial charge on any atom is 0.254 e. The van der Waals surface area contributed by atoms with Crippen molar-refractivity contribution in [2.45, 2.75) is 19.8 Å². The molecule has 0 aliphatic heterocycles. The lowest BCUT2D eigenvalue weighted by atomic mass is 10.1. The third-order valence-electron chi connectivity index (χ3n) is 3.07. The van der Waals surface area contributed by atoms with E-state index in [1.165, 1.54) is 0 Å². The minimum absolute atomic E-state index is 0.0713. The molecule has 0 atom stereocenters. The third-order valence-corrected chi connectivity index (χ3v) is 3.07. The number of hydrogen-bond donors (Lipinski definition) is 0. The number of para-hydroxylation sites is 1. The van der Waals surface area contributed by atoms with Crippen molar-refractivity contribution >= 4 is 16.8 Å². The van der Waals surface area contributed by atoms with Gasteiger partial charge in [-0.05, 0) is 18.6 Å². The Balaban J connectivity index is 2.33. The molecule has 0 radical (unpaired) electrons. The molecule has 94 valence electrons. The second-order valence-electron chi connectivity index (χ2n) is 4.46. The number of pyridine rings is 1. The molecule has 1 heterocycles. The smallest absolute Gasteiger partial charge is 0.254 e. The van der Waals surface area contributed by atoms with E-state index < -0.39 is 0 Å². The average molecular weight is 242 g/mol. The van der Waals surface area contributed by atoms with Crippen molar-refractivity contribution in [3.05, 3.63) is 42.1 Å². The summed E-state index contributed by atoms with van der Waals surface area (Å²) < 4.78 is 0. The van der Waals surface area contributed by atoms with Gasteiger partial charge in [-0.25, -0.2) is 0 Å². The number of unbranched alkanes of at least 4 members (excludes halogenated alkanes) is 1. The van der Waals surface area contributed by atoms with E-state index in [-0.39, 0.29) is 5.91 Å². The van der Waals surface area contributed by atoms with E-state index in [0.29, 0.717) is 0 Å². The molecular formula is C15H18N2O. The van der Waals surface area contributed by atoms with Crippen molar-refractivity contribution in [2.75, 3.05) is 13.6 Å². The third kappa shape index (κ3) is 2.50. The van der Waals surface area contributed by atoms with Gasteiger partial charge in [0, 0.05) is 25.2 Å². The second-order valence-corrected chi connectivity index (χ2v) is 4.46. The molecule has 1 aromatic heterocycles. The number of nitrogens with zero attached hydrogens (tertiary/aromatic N) is 2. The molecule has 0 saturated carbocycles. The maximum atomic E-state index is 12.4. The first-order chi connectivity index (χ1) is 8.74. The van der Waals surface area contributed by atoms with Gasteiger partial charge in [0.15, 0.2) is 0 Å². The van der Waals surface area contributed by atoms with Gasteiger partial charge < -0.3 is 4.90 Å². The van der Waals surface area contributed by atoms with Crippen LogP contribution in [0, 0.1) is 0 Å². The van der Waals surface area contributed by atoms with E-state index >= 15 is 0 Å². The molecule has 2 aromatic rings. The van der Waals surface area contributed by atoms with Crippen molar-refractivity contribution in [2.24, 2.45) is 0 Å². The minimum atomic E-state index is 0.0713. The first-order valence-electron chi connectivity index (χ1n) is 6.33. The molecule has 0 saturated heterocycles. The van der Waals surface area contributed by atoms with Crippen LogP contribution >= 0.6 is 0 Å². The molecule has 1 amide bonds. The van der Waals surface area contributed by atoms with E-state index in [0.717, 1.165) is 35.9 Å². The van der Waals surface area contributed by atoms with Gasteiger partial charge >= 0.3 is 0 Å². The van der Waals surface area contributed by atoms with Crippen LogP contribution in [-0.4, -0.2) is 29.4 Å². The fourth-order valence-electron chi connectivity index (χ4n) is 1.98. The highest BCUT2D eigenvalue weighted by Crippen LogP contribution is 2.17. The number of aromatic nitrogens is 1. The monoisotopic (exact) mass is 242 g/mol. The molecule has 0 unspecified atom stereocenters. The van der Waals surface area contributed by atoms with Gasteiger partial charge in [-0.3, -0.25) is 9.78 Å². The Kier molecular flexibility index (Phi) is 3.92. The highest BCUT2D eigenvalue weighted by molar-refractivity contribution is 6.05. The van der Waals surface area contributed by atoms with Crippen LogP contribution in [0.1, 0.15) is 30.1 Å². The standard InChI is InChI=1S/C15H18N2O/c1-3-4-11-17(2)15(18)13-9-10-16-14-8-6-5-7-12(13)14/h5-10H,3-4,11H2,1-2H3. The van der Waals surface area contributed by atoms with Gasteiger partial charge in [0.2, 0.25) is 0 Å². The lowest BCUT2D eigenvalue weighted by Gasteiger charge is -2.17. The maximum absolute atomic E-state index is 12.4. The molecule has 0 aliphatic rings. The van der Waals surface area contributed by atoms with Crippen LogP contribution in [0.4, 0.5) is 0 Å². The lowest BCUT2D eigenvalue weighted by Crippen LogP contribution is -2.27. The summed E-state index contributed by atoms with van der Waals surface area (Å²) >= 11 is 0. The van der Waals surface area contributed by atoms with Crippen LogP contribution < -0.4 is 0 Å². The number of amides is 1. The van der Waals surface area contributed by atoms with Crippen molar-refractivity contribution in [3.8, 4) is 0 Å². The molecular weight excluding hydrogens is 224 g/mol. The van der Waals surface area contributed by atoms with Gasteiger partial charge in [-0.2, -0.15) is 0 Å². The van der Waals surface area contributed by atoms with Gasteiger partial charge in [0.1, 0.15) is 0 Å². The number of rotatable bonds is 4. The summed E-state index contributed by atoms with van der Waals surface area (Å²) in [5.74, 6) is 0.0713. The SMILES string of the molecule is CCCCN(C)C(=O)c1ccnc2ccccc12. The van der Waals surface area contributed by atoms with Gasteiger partial charge in [-0.1, -0.05) is 31.5 Å². The van der Waals surface area contributed by atoms with Crippen molar-refractivity contribution in [1.82, 2.24) is 9.88 Å².